The largest absolute Gasteiger partial charge is 0.394 e. The highest BCUT2D eigenvalue weighted by Crippen LogP contribution is 2.29. The predicted molar refractivity (Wildman–Crippen MR) is 71.7 cm³/mol. The minimum absolute atomic E-state index is 0.0880. The molecule has 2 heterocycles. The van der Waals surface area contributed by atoms with Gasteiger partial charge in [-0.1, -0.05) is 0 Å². The van der Waals surface area contributed by atoms with E-state index in [4.69, 9.17) is 24.0 Å². The van der Waals surface area contributed by atoms with E-state index in [1.54, 1.807) is 0 Å². The van der Waals surface area contributed by atoms with Crippen molar-refractivity contribution >= 4 is 0 Å². The standard InChI is InChI=1S/C13H24O10/c1-5(15)9(16)7(3-14)20-6(2)21-12-10(17)11-8(4-19-23-11)22-13(12)18/h5-18H,3-4H2,1-2H3/t5?,6-,7?,8?,9+,10?,11-,12?,13+/m1/s1. The van der Waals surface area contributed by atoms with Crippen LogP contribution in [0.4, 0.5) is 0 Å². The van der Waals surface area contributed by atoms with E-state index in [0.29, 0.717) is 0 Å². The van der Waals surface area contributed by atoms with Gasteiger partial charge in [0.05, 0.1) is 12.7 Å². The van der Waals surface area contributed by atoms with Gasteiger partial charge in [0.25, 0.3) is 0 Å². The third kappa shape index (κ3) is 4.37. The predicted octanol–water partition coefficient (Wildman–Crippen LogP) is -2.75. The zero-order valence-corrected chi connectivity index (χ0v) is 12.9. The summed E-state index contributed by atoms with van der Waals surface area (Å²) in [5, 5.41) is 48.4. The Morgan fingerprint density at radius 2 is 1.91 bits per heavy atom. The molecule has 5 unspecified atom stereocenters. The topological polar surface area (TPSA) is 147 Å². The Kier molecular flexibility index (Phi) is 6.68. The lowest BCUT2D eigenvalue weighted by atomic mass is 10.00. The van der Waals surface area contributed by atoms with Crippen molar-refractivity contribution in [2.45, 2.75) is 69.2 Å². The van der Waals surface area contributed by atoms with Crippen molar-refractivity contribution in [3.63, 3.8) is 0 Å². The lowest BCUT2D eigenvalue weighted by Crippen LogP contribution is -2.58. The Morgan fingerprint density at radius 3 is 2.52 bits per heavy atom. The van der Waals surface area contributed by atoms with Crippen LogP contribution in [-0.4, -0.2) is 94.1 Å². The SMILES string of the molecule is CC(O)[C@H](O)C(CO)O[C@@H](C)OC1C(O)[C@@H]2OOCC2O[C@@H]1O. The number of fused-ring (bicyclic) bond motifs is 1. The van der Waals surface area contributed by atoms with Crippen LogP contribution < -0.4 is 0 Å². The van der Waals surface area contributed by atoms with Crippen LogP contribution >= 0.6 is 0 Å². The molecule has 0 radical (unpaired) electrons. The van der Waals surface area contributed by atoms with E-state index in [1.807, 2.05) is 0 Å². The average molecular weight is 340 g/mol. The third-order valence-electron chi connectivity index (χ3n) is 3.82. The van der Waals surface area contributed by atoms with Crippen LogP contribution in [0.3, 0.4) is 0 Å². The molecule has 23 heavy (non-hydrogen) atoms. The van der Waals surface area contributed by atoms with E-state index >= 15 is 0 Å². The molecule has 2 saturated heterocycles. The maximum Gasteiger partial charge on any atom is 0.184 e. The third-order valence-corrected chi connectivity index (χ3v) is 3.82. The molecule has 2 aliphatic rings. The van der Waals surface area contributed by atoms with Crippen LogP contribution in [0.25, 0.3) is 0 Å². The van der Waals surface area contributed by atoms with Crippen molar-refractivity contribution in [3.05, 3.63) is 0 Å². The van der Waals surface area contributed by atoms with Gasteiger partial charge in [-0.05, 0) is 13.8 Å². The monoisotopic (exact) mass is 340 g/mol. The molecule has 0 aliphatic carbocycles. The van der Waals surface area contributed by atoms with E-state index in [1.165, 1.54) is 13.8 Å². The number of aliphatic hydroxyl groups excluding tert-OH is 5. The molecule has 10 nitrogen and oxygen atoms in total. The fourth-order valence-electron chi connectivity index (χ4n) is 2.54. The molecule has 0 aromatic carbocycles. The van der Waals surface area contributed by atoms with Crippen LogP contribution in [0, 0.1) is 0 Å². The first-order valence-corrected chi connectivity index (χ1v) is 7.43. The molecule has 0 spiro atoms. The molecule has 2 aliphatic heterocycles. The van der Waals surface area contributed by atoms with Crippen LogP contribution in [0.5, 0.6) is 0 Å². The Labute approximate surface area is 133 Å². The summed E-state index contributed by atoms with van der Waals surface area (Å²) in [6.07, 6.45) is -9.75. The van der Waals surface area contributed by atoms with Crippen molar-refractivity contribution in [1.29, 1.82) is 0 Å². The highest BCUT2D eigenvalue weighted by molar-refractivity contribution is 4.92. The van der Waals surface area contributed by atoms with Gasteiger partial charge >= 0.3 is 0 Å². The Bertz CT molecular complexity index is 367. The van der Waals surface area contributed by atoms with Gasteiger partial charge in [0.1, 0.15) is 43.2 Å². The lowest BCUT2D eigenvalue weighted by Gasteiger charge is -2.39. The van der Waals surface area contributed by atoms with Crippen molar-refractivity contribution in [2.24, 2.45) is 0 Å². The molecular formula is C13H24O10. The highest BCUT2D eigenvalue weighted by Gasteiger charge is 2.50. The van der Waals surface area contributed by atoms with E-state index in [2.05, 4.69) is 0 Å². The number of aliphatic hydroxyl groups is 5. The molecule has 0 amide bonds. The molecule has 0 saturated carbocycles. The molecule has 5 N–H and O–H groups in total. The van der Waals surface area contributed by atoms with Gasteiger partial charge < -0.3 is 39.7 Å². The zero-order valence-electron chi connectivity index (χ0n) is 12.9. The second kappa shape index (κ2) is 8.12. The lowest BCUT2D eigenvalue weighted by molar-refractivity contribution is -0.342. The quantitative estimate of drug-likeness (QED) is 0.244. The number of ether oxygens (including phenoxy) is 3. The van der Waals surface area contributed by atoms with Gasteiger partial charge in [-0.15, -0.1) is 0 Å². The summed E-state index contributed by atoms with van der Waals surface area (Å²) in [7, 11) is 0. The van der Waals surface area contributed by atoms with Gasteiger partial charge in [-0.3, -0.25) is 0 Å². The normalized spacial score (nSPS) is 39.5. The van der Waals surface area contributed by atoms with E-state index in [9.17, 15) is 25.5 Å². The molecule has 9 atom stereocenters. The van der Waals surface area contributed by atoms with Gasteiger partial charge in [0, 0.05) is 0 Å². The number of hydrogen-bond acceptors (Lipinski definition) is 10. The first-order valence-electron chi connectivity index (χ1n) is 7.43. The molecule has 0 bridgehead atoms. The molecule has 10 heteroatoms. The fraction of sp³-hybridized carbons (Fsp3) is 1.00. The number of rotatable bonds is 7. The first-order chi connectivity index (χ1) is 10.8. The molecule has 0 aromatic rings. The van der Waals surface area contributed by atoms with Crippen LogP contribution in [0.2, 0.25) is 0 Å². The van der Waals surface area contributed by atoms with Crippen molar-refractivity contribution in [2.75, 3.05) is 13.2 Å². The van der Waals surface area contributed by atoms with Crippen LogP contribution in [0.15, 0.2) is 0 Å². The van der Waals surface area contributed by atoms with Crippen molar-refractivity contribution < 1.29 is 49.5 Å². The fourth-order valence-corrected chi connectivity index (χ4v) is 2.54. The van der Waals surface area contributed by atoms with Crippen LogP contribution in [0.1, 0.15) is 13.8 Å². The van der Waals surface area contributed by atoms with E-state index in [-0.39, 0.29) is 6.61 Å². The van der Waals surface area contributed by atoms with Crippen molar-refractivity contribution in [1.82, 2.24) is 0 Å². The Morgan fingerprint density at radius 1 is 1.22 bits per heavy atom. The summed E-state index contributed by atoms with van der Waals surface area (Å²) < 4.78 is 15.9. The summed E-state index contributed by atoms with van der Waals surface area (Å²) in [6, 6.07) is 0. The highest BCUT2D eigenvalue weighted by atomic mass is 17.2. The molecule has 136 valence electrons. The summed E-state index contributed by atoms with van der Waals surface area (Å²) >= 11 is 0. The minimum atomic E-state index is -1.42. The van der Waals surface area contributed by atoms with Gasteiger partial charge in [0.15, 0.2) is 12.6 Å². The average Bonchev–Trinajstić information content (AvgIpc) is 2.96. The van der Waals surface area contributed by atoms with Crippen molar-refractivity contribution in [3.8, 4) is 0 Å². The maximum absolute atomic E-state index is 10.2. The second-order valence-electron chi connectivity index (χ2n) is 5.66. The Hall–Kier alpha value is -0.400. The van der Waals surface area contributed by atoms with Crippen LogP contribution in [-0.2, 0) is 24.0 Å². The molecule has 2 fully saturated rings. The number of hydrogen-bond donors (Lipinski definition) is 5. The molecule has 0 aromatic heterocycles. The van der Waals surface area contributed by atoms with Gasteiger partial charge in [-0.25, -0.2) is 9.78 Å². The molecular weight excluding hydrogens is 316 g/mol. The van der Waals surface area contributed by atoms with E-state index < -0.39 is 61.9 Å². The smallest absolute Gasteiger partial charge is 0.184 e. The Balaban J connectivity index is 1.91. The van der Waals surface area contributed by atoms with E-state index in [0.717, 1.165) is 0 Å². The second-order valence-corrected chi connectivity index (χ2v) is 5.66. The zero-order chi connectivity index (χ0) is 17.1. The van der Waals surface area contributed by atoms with Gasteiger partial charge in [-0.2, -0.15) is 0 Å². The summed E-state index contributed by atoms with van der Waals surface area (Å²) in [5.41, 5.74) is 0. The first kappa shape index (κ1) is 18.9. The maximum atomic E-state index is 10.2. The summed E-state index contributed by atoms with van der Waals surface area (Å²) in [6.45, 7) is 2.34. The molecule has 2 rings (SSSR count). The minimum Gasteiger partial charge on any atom is -0.394 e. The summed E-state index contributed by atoms with van der Waals surface area (Å²) in [4.78, 5) is 9.61. The van der Waals surface area contributed by atoms with Gasteiger partial charge in [0.2, 0.25) is 0 Å². The summed E-state index contributed by atoms with van der Waals surface area (Å²) in [5.74, 6) is 0.